The summed E-state index contributed by atoms with van der Waals surface area (Å²) in [6, 6.07) is 0. The zero-order valence-corrected chi connectivity index (χ0v) is 9.18. The van der Waals surface area contributed by atoms with Crippen LogP contribution in [0.3, 0.4) is 0 Å². The largest absolute Gasteiger partial charge is 0.334 e. The summed E-state index contributed by atoms with van der Waals surface area (Å²) in [5.41, 5.74) is 0. The second kappa shape index (κ2) is 3.18. The predicted molar refractivity (Wildman–Crippen MR) is 55.4 cm³/mol. The number of hydrogen-bond donors (Lipinski definition) is 1. The average molecular weight is 238 g/mol. The highest BCUT2D eigenvalue weighted by Gasteiger charge is 2.32. The van der Waals surface area contributed by atoms with Crippen LogP contribution in [-0.4, -0.2) is 27.3 Å². The molecule has 0 atom stereocenters. The van der Waals surface area contributed by atoms with Crippen LogP contribution in [-0.2, 0) is 10.0 Å². The Labute approximate surface area is 92.4 Å². The summed E-state index contributed by atoms with van der Waals surface area (Å²) in [5.74, 6) is 0.905. The van der Waals surface area contributed by atoms with E-state index < -0.39 is 10.0 Å². The molecule has 0 spiro atoms. The number of nitrogens with one attached hydrogen (secondary N) is 1. The zero-order valence-electron chi connectivity index (χ0n) is 8.37. The average Bonchev–Trinajstić information content (AvgIpc) is 2.83. The van der Waals surface area contributed by atoms with Crippen LogP contribution in [0, 0.1) is 0 Å². The first-order valence-corrected chi connectivity index (χ1v) is 6.41. The molecule has 84 valence electrons. The van der Waals surface area contributed by atoms with Crippen molar-refractivity contribution in [2.45, 2.75) is 23.8 Å². The maximum atomic E-state index is 12.2. The number of imidazole rings is 2. The predicted octanol–water partition coefficient (Wildman–Crippen LogP) is 0.721. The normalized spacial score (nSPS) is 16.5. The number of aromatic amines is 1. The maximum Gasteiger partial charge on any atom is 0.286 e. The van der Waals surface area contributed by atoms with Gasteiger partial charge in [0.25, 0.3) is 10.0 Å². The van der Waals surface area contributed by atoms with Crippen molar-refractivity contribution in [3.8, 4) is 0 Å². The van der Waals surface area contributed by atoms with Crippen molar-refractivity contribution in [3.05, 3.63) is 30.7 Å². The molecular formula is C9H10N4O2S. The second-order valence-corrected chi connectivity index (χ2v) is 5.56. The van der Waals surface area contributed by atoms with Gasteiger partial charge in [-0.15, -0.1) is 0 Å². The molecule has 1 aliphatic carbocycles. The van der Waals surface area contributed by atoms with E-state index in [1.54, 1.807) is 0 Å². The fraction of sp³-hybridized carbons (Fsp3) is 0.333. The van der Waals surface area contributed by atoms with Crippen LogP contribution in [0.15, 0.2) is 29.9 Å². The third-order valence-corrected chi connectivity index (χ3v) is 4.19. The number of hydrogen-bond acceptors (Lipinski definition) is 4. The SMILES string of the molecule is O=S(=O)(c1cnc[nH]1)n1ccnc1C1CC1. The van der Waals surface area contributed by atoms with Gasteiger partial charge in [-0.2, -0.15) is 8.42 Å². The first-order chi connectivity index (χ1) is 7.69. The molecule has 6 nitrogen and oxygen atoms in total. The lowest BCUT2D eigenvalue weighted by molar-refractivity contribution is 0.581. The van der Waals surface area contributed by atoms with E-state index in [0.29, 0.717) is 5.82 Å². The minimum Gasteiger partial charge on any atom is -0.334 e. The lowest BCUT2D eigenvalue weighted by Gasteiger charge is -2.05. The van der Waals surface area contributed by atoms with Gasteiger partial charge in [-0.25, -0.2) is 13.9 Å². The van der Waals surface area contributed by atoms with Crippen molar-refractivity contribution in [3.63, 3.8) is 0 Å². The van der Waals surface area contributed by atoms with Gasteiger partial charge in [0, 0.05) is 18.3 Å². The smallest absolute Gasteiger partial charge is 0.286 e. The minimum absolute atomic E-state index is 0.0902. The van der Waals surface area contributed by atoms with E-state index in [4.69, 9.17) is 0 Å². The molecule has 2 aromatic rings. The van der Waals surface area contributed by atoms with Crippen LogP contribution < -0.4 is 0 Å². The van der Waals surface area contributed by atoms with E-state index in [1.165, 1.54) is 28.9 Å². The summed E-state index contributed by atoms with van der Waals surface area (Å²) in [7, 11) is -3.55. The van der Waals surface area contributed by atoms with Crippen LogP contribution in [0.5, 0.6) is 0 Å². The summed E-state index contributed by atoms with van der Waals surface area (Å²) in [5, 5.41) is 0.0902. The third-order valence-electron chi connectivity index (χ3n) is 2.59. The highest BCUT2D eigenvalue weighted by atomic mass is 32.2. The topological polar surface area (TPSA) is 80.6 Å². The summed E-state index contributed by atoms with van der Waals surface area (Å²) >= 11 is 0. The molecule has 0 radical (unpaired) electrons. The molecule has 0 bridgehead atoms. The summed E-state index contributed by atoms with van der Waals surface area (Å²) in [6.45, 7) is 0. The highest BCUT2D eigenvalue weighted by Crippen LogP contribution is 2.39. The standard InChI is InChI=1S/C9H10N4O2S/c14-16(15,8-5-10-6-12-8)13-4-3-11-9(13)7-1-2-7/h3-7H,1-2H2,(H,10,12). The molecule has 0 amide bonds. The van der Waals surface area contributed by atoms with Crippen LogP contribution in [0.2, 0.25) is 0 Å². The first-order valence-electron chi connectivity index (χ1n) is 4.97. The molecule has 2 heterocycles. The van der Waals surface area contributed by atoms with Gasteiger partial charge < -0.3 is 4.98 Å². The van der Waals surface area contributed by atoms with E-state index in [1.807, 2.05) is 0 Å². The molecule has 1 fully saturated rings. The molecule has 0 saturated heterocycles. The molecule has 0 aliphatic heterocycles. The van der Waals surface area contributed by atoms with Gasteiger partial charge in [0.05, 0.1) is 12.5 Å². The van der Waals surface area contributed by atoms with Crippen LogP contribution in [0.4, 0.5) is 0 Å². The molecular weight excluding hydrogens is 228 g/mol. The Morgan fingerprint density at radius 2 is 2.25 bits per heavy atom. The molecule has 7 heteroatoms. The molecule has 2 aromatic heterocycles. The Morgan fingerprint density at radius 1 is 1.44 bits per heavy atom. The Bertz CT molecular complexity index is 595. The maximum absolute atomic E-state index is 12.2. The highest BCUT2D eigenvalue weighted by molar-refractivity contribution is 7.89. The van der Waals surface area contributed by atoms with Crippen molar-refractivity contribution in [1.82, 2.24) is 18.9 Å². The van der Waals surface area contributed by atoms with Crippen LogP contribution >= 0.6 is 0 Å². The molecule has 0 unspecified atom stereocenters. The molecule has 3 rings (SSSR count). The van der Waals surface area contributed by atoms with Crippen molar-refractivity contribution in [2.24, 2.45) is 0 Å². The third kappa shape index (κ3) is 1.35. The lowest BCUT2D eigenvalue weighted by Crippen LogP contribution is -2.15. The fourth-order valence-electron chi connectivity index (χ4n) is 1.62. The Kier molecular flexibility index (Phi) is 1.90. The molecule has 16 heavy (non-hydrogen) atoms. The first kappa shape index (κ1) is 9.59. The number of nitrogens with zero attached hydrogens (tertiary/aromatic N) is 3. The van der Waals surface area contributed by atoms with Crippen molar-refractivity contribution in [1.29, 1.82) is 0 Å². The summed E-state index contributed by atoms with van der Waals surface area (Å²) in [4.78, 5) is 10.4. The Balaban J connectivity index is 2.12. The van der Waals surface area contributed by atoms with Crippen molar-refractivity contribution >= 4 is 10.0 Å². The van der Waals surface area contributed by atoms with Gasteiger partial charge in [0.15, 0.2) is 5.03 Å². The lowest BCUT2D eigenvalue weighted by atomic mass is 10.4. The van der Waals surface area contributed by atoms with E-state index in [2.05, 4.69) is 15.0 Å². The monoisotopic (exact) mass is 238 g/mol. The van der Waals surface area contributed by atoms with Crippen molar-refractivity contribution in [2.75, 3.05) is 0 Å². The molecule has 1 aliphatic rings. The zero-order chi connectivity index (χ0) is 11.2. The second-order valence-electron chi connectivity index (χ2n) is 3.78. The van der Waals surface area contributed by atoms with Crippen LogP contribution in [0.1, 0.15) is 24.6 Å². The molecule has 1 saturated carbocycles. The van der Waals surface area contributed by atoms with Gasteiger partial charge in [-0.05, 0) is 12.8 Å². The van der Waals surface area contributed by atoms with E-state index >= 15 is 0 Å². The van der Waals surface area contributed by atoms with Gasteiger partial charge in [0.2, 0.25) is 0 Å². The van der Waals surface area contributed by atoms with E-state index in [9.17, 15) is 8.42 Å². The minimum atomic E-state index is -3.55. The summed E-state index contributed by atoms with van der Waals surface area (Å²) in [6.07, 6.45) is 7.66. The van der Waals surface area contributed by atoms with Gasteiger partial charge in [-0.1, -0.05) is 0 Å². The van der Waals surface area contributed by atoms with E-state index in [-0.39, 0.29) is 10.9 Å². The Hall–Kier alpha value is -1.63. The van der Waals surface area contributed by atoms with Crippen molar-refractivity contribution < 1.29 is 8.42 Å². The quantitative estimate of drug-likeness (QED) is 0.854. The van der Waals surface area contributed by atoms with E-state index in [0.717, 1.165) is 12.8 Å². The molecule has 0 aromatic carbocycles. The fourth-order valence-corrected chi connectivity index (χ4v) is 2.89. The Morgan fingerprint density at radius 3 is 2.88 bits per heavy atom. The number of H-pyrrole nitrogens is 1. The van der Waals surface area contributed by atoms with Gasteiger partial charge in [-0.3, -0.25) is 0 Å². The van der Waals surface area contributed by atoms with Crippen LogP contribution in [0.25, 0.3) is 0 Å². The number of aromatic nitrogens is 4. The number of rotatable bonds is 3. The summed E-state index contributed by atoms with van der Waals surface area (Å²) < 4.78 is 25.6. The van der Waals surface area contributed by atoms with Gasteiger partial charge >= 0.3 is 0 Å². The molecule has 1 N–H and O–H groups in total. The van der Waals surface area contributed by atoms with Gasteiger partial charge in [0.1, 0.15) is 5.82 Å².